The van der Waals surface area contributed by atoms with Gasteiger partial charge in [-0.05, 0) is 6.42 Å². The third-order valence-corrected chi connectivity index (χ3v) is 2.46. The van der Waals surface area contributed by atoms with Crippen molar-refractivity contribution in [3.63, 3.8) is 0 Å². The summed E-state index contributed by atoms with van der Waals surface area (Å²) in [6.45, 7) is 2.35. The summed E-state index contributed by atoms with van der Waals surface area (Å²) in [5.74, 6) is -1.09. The van der Waals surface area contributed by atoms with Crippen LogP contribution in [0.15, 0.2) is 15.8 Å². The lowest BCUT2D eigenvalue weighted by molar-refractivity contribution is -0.136. The van der Waals surface area contributed by atoms with Gasteiger partial charge in [0, 0.05) is 18.3 Å². The Kier molecular flexibility index (Phi) is 4.68. The van der Waals surface area contributed by atoms with Crippen LogP contribution in [0.2, 0.25) is 0 Å². The van der Waals surface area contributed by atoms with Crippen LogP contribution in [-0.4, -0.2) is 20.6 Å². The number of H-pyrrole nitrogens is 1. The van der Waals surface area contributed by atoms with Gasteiger partial charge in [0.1, 0.15) is 0 Å². The molecule has 1 aromatic rings. The predicted octanol–water partition coefficient (Wildman–Crippen LogP) is 0.354. The van der Waals surface area contributed by atoms with E-state index in [1.807, 2.05) is 6.92 Å². The quantitative estimate of drug-likeness (QED) is 0.702. The van der Waals surface area contributed by atoms with Gasteiger partial charge in [-0.15, -0.1) is 0 Å². The van der Waals surface area contributed by atoms with Crippen molar-refractivity contribution in [1.29, 1.82) is 0 Å². The lowest BCUT2D eigenvalue weighted by Crippen LogP contribution is -2.37. The molecule has 1 rings (SSSR count). The summed E-state index contributed by atoms with van der Waals surface area (Å²) < 4.78 is 1.06. The van der Waals surface area contributed by atoms with Crippen LogP contribution < -0.4 is 11.2 Å². The molecular weight excluding hydrogens is 224 g/mol. The van der Waals surface area contributed by atoms with Gasteiger partial charge < -0.3 is 10.1 Å². The van der Waals surface area contributed by atoms with Gasteiger partial charge in [0.25, 0.3) is 5.56 Å². The smallest absolute Gasteiger partial charge is 0.328 e. The molecular formula is C11H16N2O4. The third-order valence-electron chi connectivity index (χ3n) is 2.46. The van der Waals surface area contributed by atoms with E-state index in [1.165, 1.54) is 6.20 Å². The molecule has 0 saturated heterocycles. The number of unbranched alkanes of at least 4 members (excludes halogenated alkanes) is 2. The molecule has 0 radical (unpaired) electrons. The summed E-state index contributed by atoms with van der Waals surface area (Å²) in [7, 11) is 0. The highest BCUT2D eigenvalue weighted by Gasteiger charge is 2.09. The minimum atomic E-state index is -1.09. The van der Waals surface area contributed by atoms with Crippen molar-refractivity contribution in [2.24, 2.45) is 0 Å². The lowest BCUT2D eigenvalue weighted by Gasteiger charge is -2.05. The summed E-state index contributed by atoms with van der Waals surface area (Å²) >= 11 is 0. The van der Waals surface area contributed by atoms with Crippen LogP contribution in [0.5, 0.6) is 0 Å². The van der Waals surface area contributed by atoms with Crippen molar-refractivity contribution in [2.45, 2.75) is 39.2 Å². The Bertz CT molecular complexity index is 501. The average Bonchev–Trinajstić information content (AvgIpc) is 2.27. The number of carboxylic acid groups (broad SMARTS) is 1. The first kappa shape index (κ1) is 13.2. The lowest BCUT2D eigenvalue weighted by atomic mass is 10.2. The van der Waals surface area contributed by atoms with Crippen molar-refractivity contribution in [3.8, 4) is 0 Å². The number of carbonyl (C=O) groups is 1. The maximum Gasteiger partial charge on any atom is 0.328 e. The molecule has 6 heteroatoms. The molecule has 0 spiro atoms. The van der Waals surface area contributed by atoms with Crippen LogP contribution >= 0.6 is 0 Å². The van der Waals surface area contributed by atoms with Crippen molar-refractivity contribution >= 4 is 5.97 Å². The topological polar surface area (TPSA) is 92.2 Å². The van der Waals surface area contributed by atoms with Crippen molar-refractivity contribution in [3.05, 3.63) is 32.6 Å². The zero-order valence-electron chi connectivity index (χ0n) is 9.73. The second kappa shape index (κ2) is 6.03. The highest BCUT2D eigenvalue weighted by Crippen LogP contribution is 1.95. The normalized spacial score (nSPS) is 10.4. The molecule has 94 valence electrons. The molecule has 0 aliphatic heterocycles. The first-order valence-corrected chi connectivity index (χ1v) is 5.59. The molecule has 0 saturated carbocycles. The highest BCUT2D eigenvalue weighted by molar-refractivity contribution is 5.69. The van der Waals surface area contributed by atoms with E-state index in [-0.39, 0.29) is 12.0 Å². The number of nitrogens with one attached hydrogen (secondary N) is 1. The van der Waals surface area contributed by atoms with Gasteiger partial charge in [0.2, 0.25) is 0 Å². The van der Waals surface area contributed by atoms with E-state index in [1.54, 1.807) is 0 Å². The van der Waals surface area contributed by atoms with Gasteiger partial charge in [-0.2, -0.15) is 0 Å². The van der Waals surface area contributed by atoms with Gasteiger partial charge in [0.15, 0.2) is 0 Å². The molecule has 0 unspecified atom stereocenters. The minimum Gasteiger partial charge on any atom is -0.481 e. The van der Waals surface area contributed by atoms with Crippen LogP contribution in [0.25, 0.3) is 0 Å². The minimum absolute atomic E-state index is 0.105. The maximum atomic E-state index is 11.8. The zero-order chi connectivity index (χ0) is 12.8. The van der Waals surface area contributed by atoms with Crippen molar-refractivity contribution < 1.29 is 9.90 Å². The molecule has 0 amide bonds. The Morgan fingerprint density at radius 3 is 2.71 bits per heavy atom. The Balaban J connectivity index is 2.99. The summed E-state index contributed by atoms with van der Waals surface area (Å²) in [5, 5.41) is 8.63. The molecule has 2 N–H and O–H groups in total. The van der Waals surface area contributed by atoms with Crippen molar-refractivity contribution in [1.82, 2.24) is 9.55 Å². The number of hydrogen-bond donors (Lipinski definition) is 2. The number of aliphatic carboxylic acids is 1. The van der Waals surface area contributed by atoms with Crippen LogP contribution in [-0.2, 0) is 17.8 Å². The van der Waals surface area contributed by atoms with Crippen LogP contribution in [0.1, 0.15) is 31.7 Å². The van der Waals surface area contributed by atoms with E-state index in [9.17, 15) is 14.4 Å². The number of nitrogens with zero attached hydrogens (tertiary/aromatic N) is 1. The van der Waals surface area contributed by atoms with E-state index in [2.05, 4.69) is 4.98 Å². The Morgan fingerprint density at radius 1 is 1.41 bits per heavy atom. The summed E-state index contributed by atoms with van der Waals surface area (Å²) in [6, 6.07) is 0. The largest absolute Gasteiger partial charge is 0.481 e. The van der Waals surface area contributed by atoms with Crippen LogP contribution in [0, 0.1) is 0 Å². The molecule has 0 aliphatic carbocycles. The SMILES string of the molecule is CCCCCn1c(=O)[nH]cc(CC(=O)O)c1=O. The number of hydrogen-bond acceptors (Lipinski definition) is 3. The third kappa shape index (κ3) is 3.58. The maximum absolute atomic E-state index is 11.8. The molecule has 0 atom stereocenters. The van der Waals surface area contributed by atoms with Crippen molar-refractivity contribution in [2.75, 3.05) is 0 Å². The van der Waals surface area contributed by atoms with Crippen LogP contribution in [0.4, 0.5) is 0 Å². The number of aromatic amines is 1. The molecule has 0 aliphatic rings. The standard InChI is InChI=1S/C11H16N2O4/c1-2-3-4-5-13-10(16)8(6-9(14)15)7-12-11(13)17/h7H,2-6H2,1H3,(H,12,17)(H,14,15). The number of aromatic nitrogens is 2. The average molecular weight is 240 g/mol. The summed E-state index contributed by atoms with van der Waals surface area (Å²) in [6.07, 6.45) is 3.45. The van der Waals surface area contributed by atoms with Gasteiger partial charge in [-0.25, -0.2) is 4.79 Å². The van der Waals surface area contributed by atoms with E-state index in [4.69, 9.17) is 5.11 Å². The van der Waals surface area contributed by atoms with Gasteiger partial charge in [-0.3, -0.25) is 14.2 Å². The number of carboxylic acids is 1. The molecule has 1 aromatic heterocycles. The molecule has 0 aromatic carbocycles. The predicted molar refractivity (Wildman–Crippen MR) is 62.2 cm³/mol. The summed E-state index contributed by atoms with van der Waals surface area (Å²) in [4.78, 5) is 36.2. The van der Waals surface area contributed by atoms with E-state index < -0.39 is 17.2 Å². The molecule has 0 fully saturated rings. The van der Waals surface area contributed by atoms with Gasteiger partial charge >= 0.3 is 11.7 Å². The molecule has 1 heterocycles. The molecule has 0 bridgehead atoms. The fourth-order valence-electron chi connectivity index (χ4n) is 1.57. The second-order valence-electron chi connectivity index (χ2n) is 3.85. The highest BCUT2D eigenvalue weighted by atomic mass is 16.4. The number of rotatable bonds is 6. The fraction of sp³-hybridized carbons (Fsp3) is 0.545. The Hall–Kier alpha value is -1.85. The van der Waals surface area contributed by atoms with E-state index in [0.717, 1.165) is 23.8 Å². The van der Waals surface area contributed by atoms with E-state index >= 15 is 0 Å². The first-order valence-electron chi connectivity index (χ1n) is 5.59. The molecule has 6 nitrogen and oxygen atoms in total. The Labute approximate surface area is 97.9 Å². The fourth-order valence-corrected chi connectivity index (χ4v) is 1.57. The second-order valence-corrected chi connectivity index (χ2v) is 3.85. The Morgan fingerprint density at radius 2 is 2.12 bits per heavy atom. The summed E-state index contributed by atoms with van der Waals surface area (Å²) in [5.41, 5.74) is -0.888. The van der Waals surface area contributed by atoms with Crippen LogP contribution in [0.3, 0.4) is 0 Å². The molecule has 17 heavy (non-hydrogen) atoms. The van der Waals surface area contributed by atoms with E-state index in [0.29, 0.717) is 6.54 Å². The zero-order valence-corrected chi connectivity index (χ0v) is 9.73. The first-order chi connectivity index (χ1) is 8.06. The van der Waals surface area contributed by atoms with Gasteiger partial charge in [-0.1, -0.05) is 19.8 Å². The monoisotopic (exact) mass is 240 g/mol. The van der Waals surface area contributed by atoms with Gasteiger partial charge in [0.05, 0.1) is 6.42 Å².